The van der Waals surface area contributed by atoms with Crippen LogP contribution in [0.5, 0.6) is 5.75 Å². The van der Waals surface area contributed by atoms with Crippen LogP contribution in [0.2, 0.25) is 0 Å². The van der Waals surface area contributed by atoms with Crippen molar-refractivity contribution in [2.24, 2.45) is 5.73 Å². The summed E-state index contributed by atoms with van der Waals surface area (Å²) in [7, 11) is 3.17. The van der Waals surface area contributed by atoms with Gasteiger partial charge < -0.3 is 36.1 Å². The number of terminal acetylenes is 1. The number of methoxy groups -OCH3 is 1. The lowest BCUT2D eigenvalue weighted by Gasteiger charge is -2.25. The predicted molar refractivity (Wildman–Crippen MR) is 156 cm³/mol. The van der Waals surface area contributed by atoms with E-state index in [2.05, 4.69) is 26.9 Å². The maximum atomic E-state index is 12.3. The van der Waals surface area contributed by atoms with E-state index in [4.69, 9.17) is 26.6 Å². The zero-order chi connectivity index (χ0) is 29.8. The molecule has 2 aromatic rings. The highest BCUT2D eigenvalue weighted by Crippen LogP contribution is 2.27. The van der Waals surface area contributed by atoms with Gasteiger partial charge in [0.05, 0.1) is 12.8 Å². The molecular formula is C29H39N7O5. The van der Waals surface area contributed by atoms with Crippen molar-refractivity contribution in [3.8, 4) is 18.1 Å². The molecule has 0 spiro atoms. The highest BCUT2D eigenvalue weighted by Gasteiger charge is 2.21. The third kappa shape index (κ3) is 9.36. The number of amides is 3. The fraction of sp³-hybridized carbons (Fsp3) is 0.483. The molecule has 0 saturated carbocycles. The van der Waals surface area contributed by atoms with E-state index >= 15 is 0 Å². The van der Waals surface area contributed by atoms with Crippen LogP contribution in [-0.2, 0) is 27.2 Å². The summed E-state index contributed by atoms with van der Waals surface area (Å²) >= 11 is 0. The van der Waals surface area contributed by atoms with E-state index in [0.29, 0.717) is 68.5 Å². The van der Waals surface area contributed by atoms with Crippen LogP contribution in [0.15, 0.2) is 18.2 Å². The Bertz CT molecular complexity index is 1270. The quantitative estimate of drug-likeness (QED) is 0.251. The molecule has 5 N–H and O–H groups in total. The fourth-order valence-corrected chi connectivity index (χ4v) is 4.38. The molecule has 1 aromatic heterocycles. The molecule has 12 nitrogen and oxygen atoms in total. The van der Waals surface area contributed by atoms with E-state index in [1.165, 1.54) is 4.90 Å². The first kappa shape index (κ1) is 31.2. The van der Waals surface area contributed by atoms with E-state index < -0.39 is 11.8 Å². The summed E-state index contributed by atoms with van der Waals surface area (Å²) in [5, 5.41) is 9.55. The average Bonchev–Trinajstić information content (AvgIpc) is 2.97. The Morgan fingerprint density at radius 2 is 1.95 bits per heavy atom. The number of nitrogens with one attached hydrogen (secondary N) is 3. The molecule has 0 aliphatic carbocycles. The van der Waals surface area contributed by atoms with Crippen LogP contribution in [0, 0.1) is 12.3 Å². The normalized spacial score (nSPS) is 13.1. The van der Waals surface area contributed by atoms with Crippen molar-refractivity contribution >= 4 is 35.0 Å². The van der Waals surface area contributed by atoms with Crippen LogP contribution in [0.25, 0.3) is 0 Å². The van der Waals surface area contributed by atoms with Crippen molar-refractivity contribution in [3.63, 3.8) is 0 Å². The third-order valence-electron chi connectivity index (χ3n) is 6.67. The second kappa shape index (κ2) is 15.4. The van der Waals surface area contributed by atoms with E-state index in [0.717, 1.165) is 18.4 Å². The first-order chi connectivity index (χ1) is 19.7. The fourth-order valence-electron chi connectivity index (χ4n) is 4.38. The lowest BCUT2D eigenvalue weighted by molar-refractivity contribution is -0.125. The number of nitrogens with two attached hydrogens (primary N) is 1. The summed E-state index contributed by atoms with van der Waals surface area (Å²) in [6.07, 6.45) is 8.70. The van der Waals surface area contributed by atoms with Gasteiger partial charge in [0.2, 0.25) is 5.91 Å². The third-order valence-corrected chi connectivity index (χ3v) is 6.67. The van der Waals surface area contributed by atoms with E-state index in [-0.39, 0.29) is 29.9 Å². The van der Waals surface area contributed by atoms with Gasteiger partial charge in [0.15, 0.2) is 17.3 Å². The van der Waals surface area contributed by atoms with Crippen molar-refractivity contribution in [1.82, 2.24) is 20.2 Å². The molecule has 220 valence electrons. The highest BCUT2D eigenvalue weighted by atomic mass is 16.5. The zero-order valence-electron chi connectivity index (χ0n) is 23.9. The molecule has 2 heterocycles. The van der Waals surface area contributed by atoms with E-state index in [9.17, 15) is 14.4 Å². The molecule has 3 amide bonds. The number of carbonyl (C=O) groups excluding carboxylic acids is 3. The molecule has 0 atom stereocenters. The van der Waals surface area contributed by atoms with Crippen LogP contribution in [0.4, 0.5) is 17.3 Å². The van der Waals surface area contributed by atoms with Gasteiger partial charge in [-0.15, -0.1) is 6.42 Å². The van der Waals surface area contributed by atoms with Crippen molar-refractivity contribution in [3.05, 3.63) is 35.2 Å². The average molecular weight is 566 g/mol. The van der Waals surface area contributed by atoms with Crippen molar-refractivity contribution in [1.29, 1.82) is 0 Å². The van der Waals surface area contributed by atoms with E-state index in [1.54, 1.807) is 20.2 Å². The standard InChI is InChI=1S/C29H39N7O5/c1-5-23-28(32-20-10-14-41-15-11-20)35-29(26(34-23)27(30)39)33-21-16-19(17-22(18-21)40-4)9-12-31-24(37)8-7-13-36(3)25(38)6-2/h2,16-18,20H,5,7-15H2,1,3-4H3,(H2,30,39)(H,31,37)(H2,32,33,35). The van der Waals surface area contributed by atoms with Gasteiger partial charge in [-0.1, -0.05) is 6.92 Å². The Morgan fingerprint density at radius 3 is 2.61 bits per heavy atom. The number of hydrogen-bond acceptors (Lipinski definition) is 9. The number of aryl methyl sites for hydroxylation is 1. The highest BCUT2D eigenvalue weighted by molar-refractivity contribution is 5.96. The van der Waals surface area contributed by atoms with Crippen molar-refractivity contribution in [2.45, 2.75) is 51.5 Å². The number of aromatic nitrogens is 2. The van der Waals surface area contributed by atoms with Gasteiger partial charge in [-0.25, -0.2) is 9.97 Å². The van der Waals surface area contributed by atoms with Gasteiger partial charge in [0, 0.05) is 57.6 Å². The van der Waals surface area contributed by atoms with Crippen LogP contribution in [0.3, 0.4) is 0 Å². The molecule has 1 aliphatic rings. The molecule has 0 radical (unpaired) electrons. The Labute approximate surface area is 240 Å². The minimum atomic E-state index is -0.687. The summed E-state index contributed by atoms with van der Waals surface area (Å²) in [5.74, 6) is 2.28. The summed E-state index contributed by atoms with van der Waals surface area (Å²) in [6, 6.07) is 5.74. The monoisotopic (exact) mass is 565 g/mol. The van der Waals surface area contributed by atoms with Crippen molar-refractivity contribution in [2.75, 3.05) is 51.1 Å². The van der Waals surface area contributed by atoms with Gasteiger partial charge in [0.1, 0.15) is 5.75 Å². The van der Waals surface area contributed by atoms with Gasteiger partial charge in [-0.2, -0.15) is 0 Å². The second-order valence-electron chi connectivity index (χ2n) is 9.73. The number of rotatable bonds is 14. The Morgan fingerprint density at radius 1 is 1.20 bits per heavy atom. The SMILES string of the molecule is C#CC(=O)N(C)CCCC(=O)NCCc1cc(Nc2nc(NC3CCOCC3)c(CC)nc2C(N)=O)cc(OC)c1. The van der Waals surface area contributed by atoms with Gasteiger partial charge in [-0.3, -0.25) is 14.4 Å². The number of anilines is 3. The molecule has 1 aromatic carbocycles. The Balaban J connectivity index is 1.69. The maximum Gasteiger partial charge on any atom is 0.297 e. The summed E-state index contributed by atoms with van der Waals surface area (Å²) in [4.78, 5) is 46.6. The lowest BCUT2D eigenvalue weighted by atomic mass is 10.1. The van der Waals surface area contributed by atoms with Crippen LogP contribution in [0.1, 0.15) is 54.4 Å². The molecule has 3 rings (SSSR count). The number of ether oxygens (including phenoxy) is 2. The molecule has 1 fully saturated rings. The van der Waals surface area contributed by atoms with Crippen LogP contribution in [-0.4, -0.2) is 79.1 Å². The predicted octanol–water partition coefficient (Wildman–Crippen LogP) is 2.01. The first-order valence-electron chi connectivity index (χ1n) is 13.7. The van der Waals surface area contributed by atoms with Gasteiger partial charge in [0.25, 0.3) is 11.8 Å². The summed E-state index contributed by atoms with van der Waals surface area (Å²) in [6.45, 7) is 4.11. The molecule has 0 unspecified atom stereocenters. The maximum absolute atomic E-state index is 12.3. The lowest BCUT2D eigenvalue weighted by Crippen LogP contribution is -2.29. The number of nitrogens with zero attached hydrogens (tertiary/aromatic N) is 3. The molecule has 1 aliphatic heterocycles. The van der Waals surface area contributed by atoms with Gasteiger partial charge in [-0.05, 0) is 55.7 Å². The molecule has 12 heteroatoms. The summed E-state index contributed by atoms with van der Waals surface area (Å²) < 4.78 is 10.9. The first-order valence-corrected chi connectivity index (χ1v) is 13.7. The molecule has 0 bridgehead atoms. The van der Waals surface area contributed by atoms with Crippen LogP contribution < -0.4 is 26.4 Å². The number of primary amides is 1. The minimum Gasteiger partial charge on any atom is -0.497 e. The largest absolute Gasteiger partial charge is 0.497 e. The van der Waals surface area contributed by atoms with Crippen molar-refractivity contribution < 1.29 is 23.9 Å². The molecule has 41 heavy (non-hydrogen) atoms. The summed E-state index contributed by atoms with van der Waals surface area (Å²) in [5.41, 5.74) is 7.90. The Hall–Kier alpha value is -4.37. The van der Waals surface area contributed by atoms with Gasteiger partial charge >= 0.3 is 0 Å². The molecular weight excluding hydrogens is 526 g/mol. The number of hydrogen-bond donors (Lipinski definition) is 4. The number of carbonyl (C=O) groups is 3. The Kier molecular flexibility index (Phi) is 11.7. The second-order valence-corrected chi connectivity index (χ2v) is 9.73. The number of benzene rings is 1. The topological polar surface area (TPSA) is 161 Å². The van der Waals surface area contributed by atoms with E-state index in [1.807, 2.05) is 19.1 Å². The minimum absolute atomic E-state index is 0.0469. The smallest absolute Gasteiger partial charge is 0.297 e. The zero-order valence-corrected chi connectivity index (χ0v) is 23.9. The molecule has 1 saturated heterocycles. The van der Waals surface area contributed by atoms with Crippen LogP contribution >= 0.6 is 0 Å².